The summed E-state index contributed by atoms with van der Waals surface area (Å²) in [4.78, 5) is 0. The van der Waals surface area contributed by atoms with E-state index in [1.165, 1.54) is 55.7 Å². The molecular weight excluding hydrogens is 324 g/mol. The maximum atomic E-state index is 2.44. The molecule has 0 saturated heterocycles. The fourth-order valence-electron chi connectivity index (χ4n) is 4.99. The number of fused-ring (bicyclic) bond motifs is 3. The molecule has 0 amide bonds. The van der Waals surface area contributed by atoms with Gasteiger partial charge < -0.3 is 0 Å². The van der Waals surface area contributed by atoms with Crippen LogP contribution >= 0.6 is 0 Å². The highest BCUT2D eigenvalue weighted by Gasteiger charge is 2.30. The van der Waals surface area contributed by atoms with Crippen molar-refractivity contribution < 1.29 is 0 Å². The van der Waals surface area contributed by atoms with E-state index in [9.17, 15) is 0 Å². The van der Waals surface area contributed by atoms with Crippen LogP contribution < -0.4 is 0 Å². The average molecular weight is 344 g/mol. The van der Waals surface area contributed by atoms with Gasteiger partial charge in [-0.05, 0) is 74.9 Å². The first-order valence-electron chi connectivity index (χ1n) is 9.79. The zero-order valence-electron chi connectivity index (χ0n) is 15.2. The summed E-state index contributed by atoms with van der Waals surface area (Å²) >= 11 is 0. The Kier molecular flexibility index (Phi) is 3.16. The van der Waals surface area contributed by atoms with Crippen LogP contribution in [-0.2, 0) is 19.3 Å². The van der Waals surface area contributed by atoms with Crippen molar-refractivity contribution in [1.82, 2.24) is 0 Å². The van der Waals surface area contributed by atoms with Crippen molar-refractivity contribution in [2.75, 3.05) is 0 Å². The van der Waals surface area contributed by atoms with Gasteiger partial charge in [-0.15, -0.1) is 0 Å². The second-order valence-electron chi connectivity index (χ2n) is 7.65. The molecule has 0 N–H and O–H groups in total. The van der Waals surface area contributed by atoms with Crippen LogP contribution in [0.1, 0.15) is 33.4 Å². The van der Waals surface area contributed by atoms with Crippen molar-refractivity contribution in [2.45, 2.75) is 19.3 Å². The fourth-order valence-corrected chi connectivity index (χ4v) is 4.99. The summed E-state index contributed by atoms with van der Waals surface area (Å²) in [7, 11) is 0. The second-order valence-corrected chi connectivity index (χ2v) is 7.65. The quantitative estimate of drug-likeness (QED) is 0.513. The van der Waals surface area contributed by atoms with E-state index in [0.717, 1.165) is 19.3 Å². The van der Waals surface area contributed by atoms with Crippen molar-refractivity contribution in [2.24, 2.45) is 0 Å². The molecule has 3 aromatic rings. The SMILES string of the molecule is C1=C(C2=C(C3=CCc4ccccc43)c3ccccc3C2)c2ccccc2C1. The number of rotatable bonds is 2. The molecule has 3 aliphatic rings. The van der Waals surface area contributed by atoms with Gasteiger partial charge in [0.15, 0.2) is 0 Å². The minimum Gasteiger partial charge on any atom is -0.0719 e. The normalized spacial score (nSPS) is 16.7. The van der Waals surface area contributed by atoms with E-state index in [1.807, 2.05) is 0 Å². The van der Waals surface area contributed by atoms with Crippen molar-refractivity contribution in [3.05, 3.63) is 124 Å². The Morgan fingerprint density at radius 2 is 1.00 bits per heavy atom. The largest absolute Gasteiger partial charge is 0.0719 e. The Hall–Kier alpha value is -3.12. The van der Waals surface area contributed by atoms with Crippen LogP contribution in [0.3, 0.4) is 0 Å². The van der Waals surface area contributed by atoms with Gasteiger partial charge in [0.2, 0.25) is 0 Å². The van der Waals surface area contributed by atoms with Gasteiger partial charge in [-0.2, -0.15) is 0 Å². The molecule has 0 aromatic heterocycles. The van der Waals surface area contributed by atoms with E-state index in [2.05, 4.69) is 84.9 Å². The van der Waals surface area contributed by atoms with Gasteiger partial charge in [-0.25, -0.2) is 0 Å². The Labute approximate surface area is 160 Å². The lowest BCUT2D eigenvalue weighted by Gasteiger charge is -2.14. The van der Waals surface area contributed by atoms with Gasteiger partial charge in [0.25, 0.3) is 0 Å². The molecule has 0 aliphatic heterocycles. The molecule has 0 heteroatoms. The summed E-state index contributed by atoms with van der Waals surface area (Å²) in [6, 6.07) is 26.7. The predicted molar refractivity (Wildman–Crippen MR) is 113 cm³/mol. The van der Waals surface area contributed by atoms with Crippen molar-refractivity contribution >= 4 is 16.7 Å². The molecule has 0 spiro atoms. The highest BCUT2D eigenvalue weighted by Crippen LogP contribution is 2.49. The molecule has 0 bridgehead atoms. The summed E-state index contributed by atoms with van der Waals surface area (Å²) in [5.74, 6) is 0. The lowest BCUT2D eigenvalue weighted by Crippen LogP contribution is -1.93. The van der Waals surface area contributed by atoms with Crippen LogP contribution in [0, 0.1) is 0 Å². The lowest BCUT2D eigenvalue weighted by atomic mass is 9.89. The number of hydrogen-bond donors (Lipinski definition) is 0. The van der Waals surface area contributed by atoms with Gasteiger partial charge >= 0.3 is 0 Å². The lowest BCUT2D eigenvalue weighted by molar-refractivity contribution is 1.25. The summed E-state index contributed by atoms with van der Waals surface area (Å²) in [5, 5.41) is 0. The van der Waals surface area contributed by atoms with Gasteiger partial charge in [0.05, 0.1) is 0 Å². The van der Waals surface area contributed by atoms with Crippen LogP contribution in [-0.4, -0.2) is 0 Å². The zero-order chi connectivity index (χ0) is 17.8. The van der Waals surface area contributed by atoms with E-state index in [1.54, 1.807) is 0 Å². The minimum absolute atomic E-state index is 1.03. The van der Waals surface area contributed by atoms with Crippen LogP contribution in [0.25, 0.3) is 16.7 Å². The molecule has 0 nitrogen and oxygen atoms in total. The molecule has 27 heavy (non-hydrogen) atoms. The molecule has 0 heterocycles. The fraction of sp³-hybridized carbons (Fsp3) is 0.111. The summed E-state index contributed by atoms with van der Waals surface area (Å²) < 4.78 is 0. The maximum Gasteiger partial charge on any atom is -0.000717 e. The van der Waals surface area contributed by atoms with E-state index < -0.39 is 0 Å². The molecule has 128 valence electrons. The standard InChI is InChI=1S/C27H20/c1-4-10-21-18(7-1)13-15-24(21)26-17-20-9-3-6-12-23(20)27(26)25-16-14-19-8-2-5-11-22(19)25/h1-12,15-16H,13-14,17H2. The molecule has 0 atom stereocenters. The van der Waals surface area contributed by atoms with E-state index in [-0.39, 0.29) is 0 Å². The van der Waals surface area contributed by atoms with Crippen molar-refractivity contribution in [3.8, 4) is 0 Å². The molecule has 3 aliphatic carbocycles. The van der Waals surface area contributed by atoms with E-state index in [4.69, 9.17) is 0 Å². The van der Waals surface area contributed by atoms with Gasteiger partial charge in [-0.1, -0.05) is 84.9 Å². The predicted octanol–water partition coefficient (Wildman–Crippen LogP) is 6.28. The number of benzene rings is 3. The molecule has 6 rings (SSSR count). The molecule has 0 saturated carbocycles. The third-order valence-electron chi connectivity index (χ3n) is 6.22. The molecule has 0 unspecified atom stereocenters. The molecule has 0 fully saturated rings. The molecule has 0 radical (unpaired) electrons. The summed E-state index contributed by atoms with van der Waals surface area (Å²) in [5.41, 5.74) is 14.4. The molecule has 3 aromatic carbocycles. The van der Waals surface area contributed by atoms with Crippen LogP contribution in [0.15, 0.2) is 90.5 Å². The Bertz CT molecular complexity index is 1180. The minimum atomic E-state index is 1.03. The Balaban J connectivity index is 1.59. The average Bonchev–Trinajstić information content (AvgIpc) is 3.42. The summed E-state index contributed by atoms with van der Waals surface area (Å²) in [6.45, 7) is 0. The number of hydrogen-bond acceptors (Lipinski definition) is 0. The monoisotopic (exact) mass is 344 g/mol. The molecular formula is C27H20. The van der Waals surface area contributed by atoms with Crippen molar-refractivity contribution in [1.29, 1.82) is 0 Å². The first kappa shape index (κ1) is 15.0. The van der Waals surface area contributed by atoms with Gasteiger partial charge in [0.1, 0.15) is 0 Å². The van der Waals surface area contributed by atoms with Crippen molar-refractivity contribution in [3.63, 3.8) is 0 Å². The van der Waals surface area contributed by atoms with E-state index in [0.29, 0.717) is 0 Å². The van der Waals surface area contributed by atoms with Crippen LogP contribution in [0.2, 0.25) is 0 Å². The number of allylic oxidation sites excluding steroid dienone is 6. The maximum absolute atomic E-state index is 2.44. The first-order valence-corrected chi connectivity index (χ1v) is 9.79. The van der Waals surface area contributed by atoms with Crippen LogP contribution in [0.4, 0.5) is 0 Å². The Morgan fingerprint density at radius 3 is 1.70 bits per heavy atom. The highest BCUT2D eigenvalue weighted by molar-refractivity contribution is 6.14. The smallest absolute Gasteiger partial charge is 0.000717 e. The third kappa shape index (κ3) is 2.16. The Morgan fingerprint density at radius 1 is 0.481 bits per heavy atom. The summed E-state index contributed by atoms with van der Waals surface area (Å²) in [6.07, 6.45) is 8.00. The van der Waals surface area contributed by atoms with Gasteiger partial charge in [-0.3, -0.25) is 0 Å². The van der Waals surface area contributed by atoms with Crippen LogP contribution in [0.5, 0.6) is 0 Å². The zero-order valence-corrected chi connectivity index (χ0v) is 15.2. The second kappa shape index (κ2) is 5.69. The topological polar surface area (TPSA) is 0 Å². The van der Waals surface area contributed by atoms with E-state index >= 15 is 0 Å². The first-order chi connectivity index (χ1) is 13.4. The van der Waals surface area contributed by atoms with Gasteiger partial charge in [0, 0.05) is 0 Å². The third-order valence-corrected chi connectivity index (χ3v) is 6.22. The highest BCUT2D eigenvalue weighted by atomic mass is 14.3.